The third-order valence-corrected chi connectivity index (χ3v) is 5.21. The summed E-state index contributed by atoms with van der Waals surface area (Å²) in [5.41, 5.74) is 0.726. The maximum atomic E-state index is 13.2. The molecular weight excluding hydrogens is 452 g/mol. The number of ether oxygens (including phenoxy) is 1. The molecule has 0 amide bonds. The summed E-state index contributed by atoms with van der Waals surface area (Å²) in [4.78, 5) is 7.39. The molecule has 0 bridgehead atoms. The van der Waals surface area contributed by atoms with Gasteiger partial charge in [0.1, 0.15) is 11.9 Å². The SMILES string of the molecule is CC(C)(C)OC[C@@H](O)CN(Cc1cccc(C(F)(F)F)c1)C[C@@H]1CC(c2ccc(F)cc2)=NO1. The highest BCUT2D eigenvalue weighted by molar-refractivity contribution is 6.01. The van der Waals surface area contributed by atoms with Crippen molar-refractivity contribution in [1.82, 2.24) is 4.90 Å². The van der Waals surface area contributed by atoms with Crippen molar-refractivity contribution in [1.29, 1.82) is 0 Å². The van der Waals surface area contributed by atoms with Crippen molar-refractivity contribution in [3.63, 3.8) is 0 Å². The van der Waals surface area contributed by atoms with Gasteiger partial charge in [0.15, 0.2) is 0 Å². The van der Waals surface area contributed by atoms with Crippen molar-refractivity contribution < 1.29 is 32.2 Å². The molecule has 1 aliphatic rings. The average Bonchev–Trinajstić information content (AvgIpc) is 3.20. The second-order valence-electron chi connectivity index (χ2n) is 9.45. The van der Waals surface area contributed by atoms with Crippen LogP contribution in [0.25, 0.3) is 0 Å². The van der Waals surface area contributed by atoms with Gasteiger partial charge in [-0.15, -0.1) is 0 Å². The molecule has 1 N–H and O–H groups in total. The van der Waals surface area contributed by atoms with E-state index in [1.165, 1.54) is 18.2 Å². The number of aliphatic hydroxyl groups is 1. The molecule has 1 heterocycles. The van der Waals surface area contributed by atoms with Crippen LogP contribution in [0, 0.1) is 5.82 Å². The second kappa shape index (κ2) is 10.8. The van der Waals surface area contributed by atoms with Crippen LogP contribution in [-0.4, -0.2) is 53.2 Å². The van der Waals surface area contributed by atoms with Crippen molar-refractivity contribution in [3.8, 4) is 0 Å². The average molecular weight is 483 g/mol. The summed E-state index contributed by atoms with van der Waals surface area (Å²) in [6.45, 7) is 6.41. The van der Waals surface area contributed by atoms with Crippen molar-refractivity contribution in [2.75, 3.05) is 19.7 Å². The zero-order valence-electron chi connectivity index (χ0n) is 19.5. The van der Waals surface area contributed by atoms with Crippen LogP contribution in [-0.2, 0) is 22.3 Å². The Labute approximate surface area is 197 Å². The molecule has 0 unspecified atom stereocenters. The van der Waals surface area contributed by atoms with Crippen LogP contribution in [0.4, 0.5) is 17.6 Å². The molecule has 0 spiro atoms. The van der Waals surface area contributed by atoms with E-state index in [-0.39, 0.29) is 31.6 Å². The zero-order valence-corrected chi connectivity index (χ0v) is 19.5. The molecule has 2 atom stereocenters. The fourth-order valence-electron chi connectivity index (χ4n) is 3.63. The molecule has 0 aliphatic carbocycles. The van der Waals surface area contributed by atoms with Gasteiger partial charge in [0.2, 0.25) is 0 Å². The van der Waals surface area contributed by atoms with E-state index >= 15 is 0 Å². The highest BCUT2D eigenvalue weighted by Gasteiger charge is 2.31. The molecule has 186 valence electrons. The number of nitrogens with zero attached hydrogens (tertiary/aromatic N) is 2. The lowest BCUT2D eigenvalue weighted by Crippen LogP contribution is -2.40. The first kappa shape index (κ1) is 26.1. The maximum absolute atomic E-state index is 13.2. The van der Waals surface area contributed by atoms with E-state index in [4.69, 9.17) is 9.57 Å². The largest absolute Gasteiger partial charge is 0.416 e. The summed E-state index contributed by atoms with van der Waals surface area (Å²) in [6, 6.07) is 11.1. The minimum atomic E-state index is -4.44. The highest BCUT2D eigenvalue weighted by Crippen LogP contribution is 2.30. The summed E-state index contributed by atoms with van der Waals surface area (Å²) in [5.74, 6) is -0.349. The molecule has 0 aromatic heterocycles. The van der Waals surface area contributed by atoms with Crippen LogP contribution in [0.15, 0.2) is 53.7 Å². The van der Waals surface area contributed by atoms with Crippen LogP contribution < -0.4 is 0 Å². The van der Waals surface area contributed by atoms with Crippen molar-refractivity contribution in [3.05, 3.63) is 71.0 Å². The lowest BCUT2D eigenvalue weighted by molar-refractivity contribution is -0.137. The summed E-state index contributed by atoms with van der Waals surface area (Å²) in [5, 5.41) is 14.6. The minimum Gasteiger partial charge on any atom is -0.390 e. The van der Waals surface area contributed by atoms with E-state index in [1.54, 1.807) is 18.2 Å². The predicted octanol–water partition coefficient (Wildman–Crippen LogP) is 5.02. The standard InChI is InChI=1S/C25H30F4N2O3/c1-24(2,3)33-16-21(32)14-31(13-17-5-4-6-19(11-17)25(27,28)29)15-22-12-23(30-34-22)18-7-9-20(26)10-8-18/h4-11,21-22,32H,12-16H2,1-3H3/t21-,22-/m0/s1. The van der Waals surface area contributed by atoms with Gasteiger partial charge < -0.3 is 14.7 Å². The van der Waals surface area contributed by atoms with E-state index in [2.05, 4.69) is 5.16 Å². The van der Waals surface area contributed by atoms with Crippen LogP contribution >= 0.6 is 0 Å². The van der Waals surface area contributed by atoms with Crippen molar-refractivity contribution >= 4 is 5.71 Å². The Morgan fingerprint density at radius 2 is 1.85 bits per heavy atom. The first-order valence-corrected chi connectivity index (χ1v) is 11.1. The van der Waals surface area contributed by atoms with Crippen LogP contribution in [0.3, 0.4) is 0 Å². The number of hydrogen-bond donors (Lipinski definition) is 1. The molecule has 0 fully saturated rings. The molecule has 1 aliphatic heterocycles. The van der Waals surface area contributed by atoms with E-state index in [0.29, 0.717) is 24.2 Å². The maximum Gasteiger partial charge on any atom is 0.416 e. The van der Waals surface area contributed by atoms with Crippen LogP contribution in [0.1, 0.15) is 43.9 Å². The van der Waals surface area contributed by atoms with Gasteiger partial charge >= 0.3 is 6.18 Å². The summed E-state index contributed by atoms with van der Waals surface area (Å²) in [7, 11) is 0. The molecule has 0 saturated carbocycles. The smallest absolute Gasteiger partial charge is 0.390 e. The van der Waals surface area contributed by atoms with Gasteiger partial charge in [0.25, 0.3) is 0 Å². The number of rotatable bonds is 9. The predicted molar refractivity (Wildman–Crippen MR) is 121 cm³/mol. The molecule has 5 nitrogen and oxygen atoms in total. The Balaban J connectivity index is 1.68. The Bertz CT molecular complexity index is 971. The second-order valence-corrected chi connectivity index (χ2v) is 9.45. The molecule has 2 aromatic rings. The number of oxime groups is 1. The molecule has 0 saturated heterocycles. The molecular formula is C25H30F4N2O3. The molecule has 34 heavy (non-hydrogen) atoms. The Morgan fingerprint density at radius 1 is 1.15 bits per heavy atom. The van der Waals surface area contributed by atoms with Gasteiger partial charge in [-0.05, 0) is 50.1 Å². The first-order valence-electron chi connectivity index (χ1n) is 11.1. The molecule has 0 radical (unpaired) electrons. The third-order valence-electron chi connectivity index (χ3n) is 5.21. The highest BCUT2D eigenvalue weighted by atomic mass is 19.4. The van der Waals surface area contributed by atoms with E-state index in [9.17, 15) is 22.7 Å². The Kier molecular flexibility index (Phi) is 8.33. The van der Waals surface area contributed by atoms with E-state index < -0.39 is 23.4 Å². The van der Waals surface area contributed by atoms with Gasteiger partial charge in [-0.25, -0.2) is 4.39 Å². The molecule has 2 aromatic carbocycles. The number of benzene rings is 2. The van der Waals surface area contributed by atoms with Crippen LogP contribution in [0.5, 0.6) is 0 Å². The fraction of sp³-hybridized carbons (Fsp3) is 0.480. The van der Waals surface area contributed by atoms with Gasteiger partial charge in [-0.3, -0.25) is 4.90 Å². The summed E-state index contributed by atoms with van der Waals surface area (Å²) in [6.07, 6.45) is -5.18. The molecule has 9 heteroatoms. The monoisotopic (exact) mass is 482 g/mol. The topological polar surface area (TPSA) is 54.3 Å². The van der Waals surface area contributed by atoms with Crippen molar-refractivity contribution in [2.45, 2.75) is 57.7 Å². The lowest BCUT2D eigenvalue weighted by atomic mass is 10.0. The third kappa shape index (κ3) is 8.07. The van der Waals surface area contributed by atoms with Gasteiger partial charge in [-0.1, -0.05) is 35.5 Å². The van der Waals surface area contributed by atoms with Gasteiger partial charge in [0, 0.05) is 26.1 Å². The first-order chi connectivity index (χ1) is 15.9. The summed E-state index contributed by atoms with van der Waals surface area (Å²) < 4.78 is 58.3. The van der Waals surface area contributed by atoms with Gasteiger partial charge in [-0.2, -0.15) is 13.2 Å². The van der Waals surface area contributed by atoms with Gasteiger partial charge in [0.05, 0.1) is 29.6 Å². The number of aliphatic hydroxyl groups excluding tert-OH is 1. The Hall–Kier alpha value is -2.49. The number of alkyl halides is 3. The lowest BCUT2D eigenvalue weighted by Gasteiger charge is -2.28. The number of hydrogen-bond acceptors (Lipinski definition) is 5. The molecule has 3 rings (SSSR count). The fourth-order valence-corrected chi connectivity index (χ4v) is 3.63. The minimum absolute atomic E-state index is 0.0887. The van der Waals surface area contributed by atoms with E-state index in [1.807, 2.05) is 25.7 Å². The zero-order chi connectivity index (χ0) is 24.9. The van der Waals surface area contributed by atoms with E-state index in [0.717, 1.165) is 17.7 Å². The number of halogens is 4. The Morgan fingerprint density at radius 3 is 2.50 bits per heavy atom. The quantitative estimate of drug-likeness (QED) is 0.511. The van der Waals surface area contributed by atoms with Crippen LogP contribution in [0.2, 0.25) is 0 Å². The van der Waals surface area contributed by atoms with Crippen molar-refractivity contribution in [2.24, 2.45) is 5.16 Å². The normalized spacial score (nSPS) is 17.6. The summed E-state index contributed by atoms with van der Waals surface area (Å²) >= 11 is 0.